The average molecular weight is 386 g/mol. The number of nitrogen functional groups attached to an aromatic ring is 1. The Morgan fingerprint density at radius 2 is 1.86 bits per heavy atom. The molecule has 0 unspecified atom stereocenters. The lowest BCUT2D eigenvalue weighted by Crippen LogP contribution is -1.93. The maximum absolute atomic E-state index is 6.19. The molecule has 0 aliphatic carbocycles. The largest absolute Gasteiger partial charge is 0.398 e. The Morgan fingerprint density at radius 3 is 2.76 bits per heavy atom. The molecule has 0 amide bonds. The number of pyridine rings is 1. The van der Waals surface area contributed by atoms with E-state index in [1.807, 2.05) is 48.5 Å². The molecule has 21 heavy (non-hydrogen) atoms. The number of para-hydroxylation sites is 1. The SMILES string of the molecule is Nc1cc(-c2n[nH]c3ccccc23)nc2ccc(I)cc12. The minimum absolute atomic E-state index is 0.723. The molecule has 0 atom stereocenters. The van der Waals surface area contributed by atoms with Crippen LogP contribution in [0.3, 0.4) is 0 Å². The van der Waals surface area contributed by atoms with Gasteiger partial charge >= 0.3 is 0 Å². The van der Waals surface area contributed by atoms with E-state index in [4.69, 9.17) is 10.7 Å². The number of rotatable bonds is 1. The molecule has 0 saturated carbocycles. The molecule has 0 fully saturated rings. The molecule has 0 aliphatic heterocycles. The van der Waals surface area contributed by atoms with Crippen LogP contribution in [-0.2, 0) is 0 Å². The number of anilines is 1. The number of nitrogens with zero attached hydrogens (tertiary/aromatic N) is 2. The van der Waals surface area contributed by atoms with Crippen LogP contribution in [-0.4, -0.2) is 15.2 Å². The van der Waals surface area contributed by atoms with E-state index in [1.54, 1.807) is 0 Å². The fourth-order valence-corrected chi connectivity index (χ4v) is 3.00. The van der Waals surface area contributed by atoms with E-state index in [0.29, 0.717) is 0 Å². The Balaban J connectivity index is 2.00. The molecule has 3 N–H and O–H groups in total. The minimum atomic E-state index is 0.723. The van der Waals surface area contributed by atoms with Crippen molar-refractivity contribution in [3.05, 3.63) is 52.1 Å². The van der Waals surface area contributed by atoms with Gasteiger partial charge < -0.3 is 5.73 Å². The molecule has 2 aromatic heterocycles. The highest BCUT2D eigenvalue weighted by Crippen LogP contribution is 2.30. The third kappa shape index (κ3) is 2.04. The normalized spacial score (nSPS) is 11.3. The molecular weight excluding hydrogens is 375 g/mol. The molecule has 102 valence electrons. The molecule has 0 aliphatic rings. The zero-order valence-electron chi connectivity index (χ0n) is 11.0. The molecule has 4 rings (SSSR count). The van der Waals surface area contributed by atoms with Gasteiger partial charge in [-0.1, -0.05) is 18.2 Å². The zero-order chi connectivity index (χ0) is 14.4. The van der Waals surface area contributed by atoms with Crippen molar-refractivity contribution in [2.75, 3.05) is 5.73 Å². The van der Waals surface area contributed by atoms with E-state index < -0.39 is 0 Å². The average Bonchev–Trinajstić information content (AvgIpc) is 2.92. The first-order chi connectivity index (χ1) is 10.2. The maximum Gasteiger partial charge on any atom is 0.118 e. The van der Waals surface area contributed by atoms with Crippen LogP contribution in [0.15, 0.2) is 48.5 Å². The van der Waals surface area contributed by atoms with Gasteiger partial charge in [-0.15, -0.1) is 0 Å². The molecule has 4 nitrogen and oxygen atoms in total. The summed E-state index contributed by atoms with van der Waals surface area (Å²) in [5, 5.41) is 9.45. The predicted octanol–water partition coefficient (Wildman–Crippen LogP) is 3.96. The van der Waals surface area contributed by atoms with Crippen molar-refractivity contribution in [1.29, 1.82) is 0 Å². The van der Waals surface area contributed by atoms with Gasteiger partial charge in [0, 0.05) is 20.0 Å². The van der Waals surface area contributed by atoms with Crippen LogP contribution >= 0.6 is 22.6 Å². The van der Waals surface area contributed by atoms with Crippen LogP contribution in [0.25, 0.3) is 33.2 Å². The Bertz CT molecular complexity index is 975. The molecule has 4 aromatic rings. The summed E-state index contributed by atoms with van der Waals surface area (Å²) in [5.74, 6) is 0. The van der Waals surface area contributed by atoms with E-state index in [2.05, 4.69) is 32.8 Å². The Hall–Kier alpha value is -2.15. The van der Waals surface area contributed by atoms with Crippen LogP contribution < -0.4 is 5.73 Å². The summed E-state index contributed by atoms with van der Waals surface area (Å²) in [6.45, 7) is 0. The quantitative estimate of drug-likeness (QED) is 0.487. The van der Waals surface area contributed by atoms with Crippen molar-refractivity contribution in [2.24, 2.45) is 0 Å². The first-order valence-corrected chi connectivity index (χ1v) is 7.59. The number of fused-ring (bicyclic) bond motifs is 2. The molecule has 5 heteroatoms. The van der Waals surface area contributed by atoms with E-state index in [-0.39, 0.29) is 0 Å². The number of aromatic nitrogens is 3. The second-order valence-electron chi connectivity index (χ2n) is 4.88. The van der Waals surface area contributed by atoms with Crippen LogP contribution in [0.2, 0.25) is 0 Å². The number of halogens is 1. The molecule has 0 saturated heterocycles. The van der Waals surface area contributed by atoms with Crippen LogP contribution in [0.5, 0.6) is 0 Å². The molecule has 0 bridgehead atoms. The number of aromatic amines is 1. The molecule has 2 aromatic carbocycles. The van der Waals surface area contributed by atoms with Crippen molar-refractivity contribution in [3.63, 3.8) is 0 Å². The highest BCUT2D eigenvalue weighted by molar-refractivity contribution is 14.1. The number of nitrogens with two attached hydrogens (primary N) is 1. The first-order valence-electron chi connectivity index (χ1n) is 6.51. The number of benzene rings is 2. The van der Waals surface area contributed by atoms with Gasteiger partial charge in [-0.3, -0.25) is 5.10 Å². The second kappa shape index (κ2) is 4.70. The van der Waals surface area contributed by atoms with Gasteiger partial charge in [-0.25, -0.2) is 4.98 Å². The Kier molecular flexibility index (Phi) is 2.81. The molecule has 2 heterocycles. The predicted molar refractivity (Wildman–Crippen MR) is 94.0 cm³/mol. The van der Waals surface area contributed by atoms with Gasteiger partial charge in [0.1, 0.15) is 5.69 Å². The van der Waals surface area contributed by atoms with E-state index in [0.717, 1.165) is 42.5 Å². The minimum Gasteiger partial charge on any atom is -0.398 e. The van der Waals surface area contributed by atoms with Crippen molar-refractivity contribution in [3.8, 4) is 11.4 Å². The third-order valence-corrected chi connectivity index (χ3v) is 4.19. The number of hydrogen-bond acceptors (Lipinski definition) is 3. The van der Waals surface area contributed by atoms with E-state index >= 15 is 0 Å². The van der Waals surface area contributed by atoms with Crippen LogP contribution in [0.4, 0.5) is 5.69 Å². The van der Waals surface area contributed by atoms with Gasteiger partial charge in [0.2, 0.25) is 0 Å². The third-order valence-electron chi connectivity index (χ3n) is 3.52. The van der Waals surface area contributed by atoms with Gasteiger partial charge in [-0.05, 0) is 52.9 Å². The highest BCUT2D eigenvalue weighted by Gasteiger charge is 2.11. The summed E-state index contributed by atoms with van der Waals surface area (Å²) in [5.41, 5.74) is 10.4. The summed E-state index contributed by atoms with van der Waals surface area (Å²) in [4.78, 5) is 4.70. The first kappa shape index (κ1) is 12.6. The monoisotopic (exact) mass is 386 g/mol. The lowest BCUT2D eigenvalue weighted by Gasteiger charge is -2.05. The van der Waals surface area contributed by atoms with Crippen molar-refractivity contribution in [2.45, 2.75) is 0 Å². The summed E-state index contributed by atoms with van der Waals surface area (Å²) in [7, 11) is 0. The maximum atomic E-state index is 6.19. The summed E-state index contributed by atoms with van der Waals surface area (Å²) < 4.78 is 1.14. The Labute approximate surface area is 134 Å². The van der Waals surface area contributed by atoms with Crippen molar-refractivity contribution in [1.82, 2.24) is 15.2 Å². The lowest BCUT2D eigenvalue weighted by atomic mass is 10.1. The lowest BCUT2D eigenvalue weighted by molar-refractivity contribution is 1.11. The van der Waals surface area contributed by atoms with E-state index in [9.17, 15) is 0 Å². The van der Waals surface area contributed by atoms with Crippen LogP contribution in [0, 0.1) is 3.57 Å². The number of H-pyrrole nitrogens is 1. The second-order valence-corrected chi connectivity index (χ2v) is 6.12. The van der Waals surface area contributed by atoms with Gasteiger partial charge in [0.15, 0.2) is 0 Å². The standard InChI is InChI=1S/C16H11IN4/c17-9-5-6-13-11(7-9)12(18)8-15(19-13)16-10-3-1-2-4-14(10)20-21-16/h1-8H,(H2,18,19)(H,20,21). The summed E-state index contributed by atoms with van der Waals surface area (Å²) >= 11 is 2.27. The van der Waals surface area contributed by atoms with Crippen molar-refractivity contribution < 1.29 is 0 Å². The highest BCUT2D eigenvalue weighted by atomic mass is 127. The smallest absolute Gasteiger partial charge is 0.118 e. The summed E-state index contributed by atoms with van der Waals surface area (Å²) in [6.07, 6.45) is 0. The fraction of sp³-hybridized carbons (Fsp3) is 0. The van der Waals surface area contributed by atoms with Gasteiger partial charge in [0.25, 0.3) is 0 Å². The number of nitrogens with one attached hydrogen (secondary N) is 1. The Morgan fingerprint density at radius 1 is 1.00 bits per heavy atom. The topological polar surface area (TPSA) is 67.6 Å². The molecule has 0 spiro atoms. The van der Waals surface area contributed by atoms with Gasteiger partial charge in [-0.2, -0.15) is 5.10 Å². The molecular formula is C16H11IN4. The van der Waals surface area contributed by atoms with Crippen molar-refractivity contribution >= 4 is 50.1 Å². The van der Waals surface area contributed by atoms with Gasteiger partial charge in [0.05, 0.1) is 16.7 Å². The zero-order valence-corrected chi connectivity index (χ0v) is 13.1. The van der Waals surface area contributed by atoms with Crippen LogP contribution in [0.1, 0.15) is 0 Å². The van der Waals surface area contributed by atoms with E-state index in [1.165, 1.54) is 0 Å². The molecule has 0 radical (unpaired) electrons. The summed E-state index contributed by atoms with van der Waals surface area (Å²) in [6, 6.07) is 16.0. The number of hydrogen-bond donors (Lipinski definition) is 2. The fourth-order valence-electron chi connectivity index (χ4n) is 2.50.